The van der Waals surface area contributed by atoms with Crippen LogP contribution in [0.2, 0.25) is 0 Å². The summed E-state index contributed by atoms with van der Waals surface area (Å²) in [5.74, 6) is -2.33. The highest BCUT2D eigenvalue weighted by Gasteiger charge is 2.31. The third-order valence-corrected chi connectivity index (χ3v) is 4.21. The lowest BCUT2D eigenvalue weighted by Crippen LogP contribution is -2.18. The molecule has 0 saturated heterocycles. The van der Waals surface area contributed by atoms with Crippen molar-refractivity contribution in [1.29, 1.82) is 0 Å². The summed E-state index contributed by atoms with van der Waals surface area (Å²) in [5, 5.41) is 9.39. The average molecular weight is 407 g/mol. The first-order valence-electron chi connectivity index (χ1n) is 8.34. The van der Waals surface area contributed by atoms with Crippen molar-refractivity contribution in [2.75, 3.05) is 0 Å². The monoisotopic (exact) mass is 407 g/mol. The number of ether oxygens (including phenoxy) is 1. The molecule has 10 heteroatoms. The highest BCUT2D eigenvalue weighted by Crippen LogP contribution is 2.31. The molecule has 0 aliphatic rings. The van der Waals surface area contributed by atoms with Crippen molar-refractivity contribution in [3.05, 3.63) is 59.8 Å². The number of aliphatic carboxylic acids is 1. The fourth-order valence-electron chi connectivity index (χ4n) is 3.04. The Bertz CT molecular complexity index is 1090. The normalized spacial score (nSPS) is 12.7. The van der Waals surface area contributed by atoms with Crippen LogP contribution in [-0.2, 0) is 4.79 Å². The van der Waals surface area contributed by atoms with Crippen LogP contribution in [-0.4, -0.2) is 27.9 Å². The lowest BCUT2D eigenvalue weighted by molar-refractivity contribution is -0.274. The van der Waals surface area contributed by atoms with Gasteiger partial charge in [0.15, 0.2) is 0 Å². The molecule has 1 heterocycles. The minimum absolute atomic E-state index is 0.0353. The molecule has 3 rings (SSSR count). The van der Waals surface area contributed by atoms with Crippen molar-refractivity contribution in [1.82, 2.24) is 4.57 Å². The molecule has 29 heavy (non-hydrogen) atoms. The number of carbonyl (C=O) groups excluding carboxylic acids is 1. The zero-order valence-electron chi connectivity index (χ0n) is 14.8. The first-order chi connectivity index (χ1) is 13.5. The Morgan fingerprint density at radius 3 is 2.48 bits per heavy atom. The summed E-state index contributed by atoms with van der Waals surface area (Å²) >= 11 is 0. The number of rotatable bonds is 6. The molecule has 1 amide bonds. The third-order valence-electron chi connectivity index (χ3n) is 4.21. The van der Waals surface area contributed by atoms with Gasteiger partial charge in [0.05, 0.1) is 11.9 Å². The second kappa shape index (κ2) is 7.47. The average Bonchev–Trinajstić information content (AvgIpc) is 2.99. The fourth-order valence-corrected chi connectivity index (χ4v) is 3.04. The number of carboxylic acid groups (broad SMARTS) is 1. The standard InChI is InChI=1S/C19H16F3N3O4/c20-19(21,22)29-13-5-4-11-7-16(18(24)28)25(15(11)8-13)12-3-1-2-10(6-12)14(23)9-17(26)27/h1-8,14H,9,23H2,(H2,24,28)(H,26,27)/t14-/m0/s1. The maximum atomic E-state index is 12.6. The number of nitrogens with two attached hydrogens (primary N) is 2. The van der Waals surface area contributed by atoms with Crippen molar-refractivity contribution in [3.63, 3.8) is 0 Å². The number of amides is 1. The van der Waals surface area contributed by atoms with Gasteiger partial charge in [-0.3, -0.25) is 9.59 Å². The van der Waals surface area contributed by atoms with Gasteiger partial charge in [-0.05, 0) is 35.9 Å². The van der Waals surface area contributed by atoms with E-state index in [9.17, 15) is 22.8 Å². The van der Waals surface area contributed by atoms with Crippen molar-refractivity contribution >= 4 is 22.8 Å². The lowest BCUT2D eigenvalue weighted by Gasteiger charge is -2.14. The number of carboxylic acids is 1. The number of carbonyl (C=O) groups is 2. The Labute approximate surface area is 162 Å². The van der Waals surface area contributed by atoms with E-state index >= 15 is 0 Å². The number of alkyl halides is 3. The molecule has 2 aromatic carbocycles. The molecule has 0 radical (unpaired) electrons. The van der Waals surface area contributed by atoms with Crippen LogP contribution < -0.4 is 16.2 Å². The van der Waals surface area contributed by atoms with E-state index in [1.807, 2.05) is 0 Å². The third kappa shape index (κ3) is 4.49. The Kier molecular flexibility index (Phi) is 5.21. The number of hydrogen-bond acceptors (Lipinski definition) is 4. The van der Waals surface area contributed by atoms with Crippen LogP contribution in [0.4, 0.5) is 13.2 Å². The molecule has 1 aromatic heterocycles. The molecule has 0 spiro atoms. The zero-order valence-corrected chi connectivity index (χ0v) is 14.8. The van der Waals surface area contributed by atoms with Gasteiger partial charge in [0, 0.05) is 23.2 Å². The minimum atomic E-state index is -4.87. The number of benzene rings is 2. The minimum Gasteiger partial charge on any atom is -0.481 e. The van der Waals surface area contributed by atoms with Crippen molar-refractivity contribution in [2.45, 2.75) is 18.8 Å². The van der Waals surface area contributed by atoms with Crippen molar-refractivity contribution < 1.29 is 32.6 Å². The summed E-state index contributed by atoms with van der Waals surface area (Å²) in [6, 6.07) is 10.6. The van der Waals surface area contributed by atoms with Gasteiger partial charge in [-0.15, -0.1) is 13.2 Å². The van der Waals surface area contributed by atoms with Crippen LogP contribution in [0.5, 0.6) is 5.75 Å². The predicted molar refractivity (Wildman–Crippen MR) is 97.7 cm³/mol. The van der Waals surface area contributed by atoms with Crippen LogP contribution in [0.1, 0.15) is 28.5 Å². The molecule has 0 aliphatic carbocycles. The Hall–Kier alpha value is -3.53. The second-order valence-corrected chi connectivity index (χ2v) is 6.30. The van der Waals surface area contributed by atoms with Crippen LogP contribution in [0.3, 0.4) is 0 Å². The second-order valence-electron chi connectivity index (χ2n) is 6.30. The highest BCUT2D eigenvalue weighted by molar-refractivity contribution is 5.99. The molecule has 0 aliphatic heterocycles. The van der Waals surface area contributed by atoms with Crippen LogP contribution in [0, 0.1) is 0 Å². The molecule has 152 valence electrons. The maximum absolute atomic E-state index is 12.6. The molecule has 5 N–H and O–H groups in total. The van der Waals surface area contributed by atoms with Gasteiger partial charge < -0.3 is 25.9 Å². The maximum Gasteiger partial charge on any atom is 0.573 e. The Morgan fingerprint density at radius 1 is 1.14 bits per heavy atom. The van der Waals surface area contributed by atoms with E-state index in [1.54, 1.807) is 24.3 Å². The molecule has 0 saturated carbocycles. The van der Waals surface area contributed by atoms with E-state index in [0.29, 0.717) is 16.6 Å². The Balaban J connectivity index is 2.16. The number of aromatic nitrogens is 1. The summed E-state index contributed by atoms with van der Waals surface area (Å²) in [5.41, 5.74) is 12.5. The fraction of sp³-hybridized carbons (Fsp3) is 0.158. The van der Waals surface area contributed by atoms with Gasteiger partial charge in [0.1, 0.15) is 11.4 Å². The lowest BCUT2D eigenvalue weighted by atomic mass is 10.0. The summed E-state index contributed by atoms with van der Waals surface area (Å²) in [4.78, 5) is 22.8. The molecule has 3 aromatic rings. The predicted octanol–water partition coefficient (Wildman–Crippen LogP) is 3.10. The van der Waals surface area contributed by atoms with Crippen LogP contribution in [0.15, 0.2) is 48.5 Å². The van der Waals surface area contributed by atoms with E-state index in [1.165, 1.54) is 16.7 Å². The smallest absolute Gasteiger partial charge is 0.481 e. The molecular weight excluding hydrogens is 391 g/mol. The van der Waals surface area contributed by atoms with Crippen molar-refractivity contribution in [3.8, 4) is 11.4 Å². The number of nitrogens with zero attached hydrogens (tertiary/aromatic N) is 1. The zero-order chi connectivity index (χ0) is 21.3. The first-order valence-corrected chi connectivity index (χ1v) is 8.34. The largest absolute Gasteiger partial charge is 0.573 e. The molecule has 1 atom stereocenters. The van der Waals surface area contributed by atoms with Gasteiger partial charge >= 0.3 is 12.3 Å². The number of fused-ring (bicyclic) bond motifs is 1. The van der Waals surface area contributed by atoms with Crippen LogP contribution in [0.25, 0.3) is 16.6 Å². The van der Waals surface area contributed by atoms with E-state index in [0.717, 1.165) is 12.1 Å². The van der Waals surface area contributed by atoms with Gasteiger partial charge in [0.2, 0.25) is 0 Å². The Morgan fingerprint density at radius 2 is 1.86 bits per heavy atom. The van der Waals surface area contributed by atoms with Gasteiger partial charge in [-0.2, -0.15) is 0 Å². The van der Waals surface area contributed by atoms with E-state index in [-0.39, 0.29) is 17.6 Å². The van der Waals surface area contributed by atoms with Gasteiger partial charge in [-0.25, -0.2) is 0 Å². The van der Waals surface area contributed by atoms with Crippen LogP contribution >= 0.6 is 0 Å². The quantitative estimate of drug-likeness (QED) is 0.580. The molecular formula is C19H16F3N3O4. The number of halogens is 3. The van der Waals surface area contributed by atoms with E-state index < -0.39 is 30.0 Å². The van der Waals surface area contributed by atoms with Gasteiger partial charge in [0.25, 0.3) is 5.91 Å². The SMILES string of the molecule is NC(=O)c1cc2ccc(OC(F)(F)F)cc2n1-c1cccc([C@@H](N)CC(=O)O)c1. The molecule has 0 bridgehead atoms. The summed E-state index contributed by atoms with van der Waals surface area (Å²) in [6.07, 6.45) is -5.19. The summed E-state index contributed by atoms with van der Waals surface area (Å²) < 4.78 is 43.1. The molecule has 0 unspecified atom stereocenters. The first kappa shape index (κ1) is 20.2. The summed E-state index contributed by atoms with van der Waals surface area (Å²) in [6.45, 7) is 0. The van der Waals surface area contributed by atoms with E-state index in [2.05, 4.69) is 4.74 Å². The van der Waals surface area contributed by atoms with Crippen molar-refractivity contribution in [2.24, 2.45) is 11.5 Å². The van der Waals surface area contributed by atoms with E-state index in [4.69, 9.17) is 16.6 Å². The molecule has 0 fully saturated rings. The number of primary amides is 1. The van der Waals surface area contributed by atoms with Gasteiger partial charge in [-0.1, -0.05) is 12.1 Å². The topological polar surface area (TPSA) is 121 Å². The summed E-state index contributed by atoms with van der Waals surface area (Å²) in [7, 11) is 0. The highest BCUT2D eigenvalue weighted by atomic mass is 19.4. The number of hydrogen-bond donors (Lipinski definition) is 3. The molecule has 7 nitrogen and oxygen atoms in total.